The topological polar surface area (TPSA) is 85.9 Å². The fourth-order valence-corrected chi connectivity index (χ4v) is 6.79. The average Bonchev–Trinajstić information content (AvgIpc) is 3.42. The maximum absolute atomic E-state index is 15.1. The molecule has 8 nitrogen and oxygen atoms in total. The second-order valence-electron chi connectivity index (χ2n) is 14.9. The molecule has 49 heavy (non-hydrogen) atoms. The van der Waals surface area contributed by atoms with Crippen molar-refractivity contribution in [1.29, 1.82) is 0 Å². The maximum atomic E-state index is 15.1. The molecule has 2 heterocycles. The van der Waals surface area contributed by atoms with Gasteiger partial charge in [-0.3, -0.25) is 25.1 Å². The minimum Gasteiger partial charge on any atom is -0.493 e. The fraction of sp³-hybridized carbons (Fsp3) is 0.474. The summed E-state index contributed by atoms with van der Waals surface area (Å²) in [6.07, 6.45) is 0. The normalized spacial score (nSPS) is 21.6. The summed E-state index contributed by atoms with van der Waals surface area (Å²) < 4.78 is 6.32. The van der Waals surface area contributed by atoms with E-state index in [2.05, 4.69) is 53.8 Å². The summed E-state index contributed by atoms with van der Waals surface area (Å²) in [5, 5.41) is 11.9. The molecule has 0 radical (unpaired) electrons. The number of amides is 2. The predicted molar refractivity (Wildman–Crippen MR) is 201 cm³/mol. The van der Waals surface area contributed by atoms with Crippen LogP contribution in [0.25, 0.3) is 0 Å². The van der Waals surface area contributed by atoms with E-state index in [9.17, 15) is 4.79 Å². The van der Waals surface area contributed by atoms with Gasteiger partial charge in [0.2, 0.25) is 5.91 Å². The third kappa shape index (κ3) is 9.09. The first kappa shape index (κ1) is 38.9. The second-order valence-corrected chi connectivity index (χ2v) is 15.7. The Morgan fingerprint density at radius 1 is 0.837 bits per heavy atom. The lowest BCUT2D eigenvalue weighted by atomic mass is 9.84. The van der Waals surface area contributed by atoms with Crippen molar-refractivity contribution in [2.75, 3.05) is 39.3 Å². The smallest absolute Gasteiger partial charge is 0.262 e. The Labute approximate surface area is 307 Å². The number of hydrogen-bond acceptors (Lipinski definition) is 6. The first-order valence-electron chi connectivity index (χ1n) is 16.8. The first-order chi connectivity index (χ1) is 22.6. The number of carbonyl (C=O) groups excluding carboxylic acids is 2. The van der Waals surface area contributed by atoms with E-state index >= 15 is 4.79 Å². The van der Waals surface area contributed by atoms with Gasteiger partial charge in [0.15, 0.2) is 5.66 Å². The molecule has 1 unspecified atom stereocenters. The highest BCUT2D eigenvalue weighted by atomic mass is 35.5. The number of ether oxygens (including phenoxy) is 1. The quantitative estimate of drug-likeness (QED) is 0.232. The van der Waals surface area contributed by atoms with E-state index in [1.165, 1.54) is 0 Å². The molecule has 2 amide bonds. The molecule has 2 aliphatic rings. The summed E-state index contributed by atoms with van der Waals surface area (Å²) in [6, 6.07) is 21.1. The van der Waals surface area contributed by atoms with Gasteiger partial charge < -0.3 is 15.0 Å². The molecule has 2 fully saturated rings. The van der Waals surface area contributed by atoms with Gasteiger partial charge in [0.05, 0.1) is 25.2 Å². The minimum atomic E-state index is -1.33. The van der Waals surface area contributed by atoms with Crippen molar-refractivity contribution in [1.82, 2.24) is 25.8 Å². The van der Waals surface area contributed by atoms with E-state index in [4.69, 9.17) is 27.9 Å². The number of piperazine rings is 1. The molecule has 0 spiro atoms. The Hall–Kier alpha value is -2.85. The van der Waals surface area contributed by atoms with E-state index in [1.54, 1.807) is 0 Å². The Kier molecular flexibility index (Phi) is 12.4. The van der Waals surface area contributed by atoms with Gasteiger partial charge >= 0.3 is 0 Å². The lowest BCUT2D eigenvalue weighted by Crippen LogP contribution is -2.62. The summed E-state index contributed by atoms with van der Waals surface area (Å²) >= 11 is 12.6. The van der Waals surface area contributed by atoms with E-state index in [1.807, 2.05) is 87.2 Å². The lowest BCUT2D eigenvalue weighted by molar-refractivity contribution is -0.141. The Morgan fingerprint density at radius 2 is 1.35 bits per heavy atom. The molecule has 3 aromatic carbocycles. The van der Waals surface area contributed by atoms with Crippen LogP contribution >= 0.6 is 35.6 Å². The van der Waals surface area contributed by atoms with Crippen molar-refractivity contribution in [3.8, 4) is 5.75 Å². The molecule has 0 bridgehead atoms. The number of halogens is 3. The summed E-state index contributed by atoms with van der Waals surface area (Å²) in [5.41, 5.74) is 2.06. The van der Waals surface area contributed by atoms with E-state index in [0.717, 1.165) is 22.3 Å². The Bertz CT molecular complexity index is 1540. The van der Waals surface area contributed by atoms with Crippen LogP contribution in [0.15, 0.2) is 66.7 Å². The van der Waals surface area contributed by atoms with Crippen molar-refractivity contribution >= 4 is 47.4 Å². The third-order valence-electron chi connectivity index (χ3n) is 8.95. The minimum absolute atomic E-state index is 0. The van der Waals surface area contributed by atoms with E-state index in [0.29, 0.717) is 55.1 Å². The van der Waals surface area contributed by atoms with Gasteiger partial charge in [0, 0.05) is 47.3 Å². The molecule has 11 heteroatoms. The number of hydrogen-bond donors (Lipinski definition) is 3. The van der Waals surface area contributed by atoms with Gasteiger partial charge in [-0.05, 0) is 80.1 Å². The lowest BCUT2D eigenvalue weighted by Gasteiger charge is -2.41. The van der Waals surface area contributed by atoms with Gasteiger partial charge in [0.25, 0.3) is 5.91 Å². The summed E-state index contributed by atoms with van der Waals surface area (Å²) in [6.45, 7) is 17.2. The van der Waals surface area contributed by atoms with Crippen molar-refractivity contribution in [3.05, 3.63) is 99.0 Å². The zero-order valence-electron chi connectivity index (χ0n) is 29.5. The van der Waals surface area contributed by atoms with Crippen molar-refractivity contribution in [3.63, 3.8) is 0 Å². The van der Waals surface area contributed by atoms with Gasteiger partial charge in [-0.1, -0.05) is 80.4 Å². The van der Waals surface area contributed by atoms with Crippen molar-refractivity contribution in [2.45, 2.75) is 77.2 Å². The number of nitrogens with zero attached hydrogens (tertiary/aromatic N) is 2. The molecule has 5 rings (SSSR count). The highest BCUT2D eigenvalue weighted by molar-refractivity contribution is 6.30. The molecular formula is C38H50Cl3N5O3. The fourth-order valence-electron chi connectivity index (χ4n) is 6.54. The van der Waals surface area contributed by atoms with Crippen LogP contribution in [0, 0.1) is 0 Å². The average molecular weight is 731 g/mol. The molecule has 0 saturated carbocycles. The van der Waals surface area contributed by atoms with E-state index < -0.39 is 5.66 Å². The molecule has 266 valence electrons. The summed E-state index contributed by atoms with van der Waals surface area (Å²) in [5.74, 6) is 0.540. The van der Waals surface area contributed by atoms with Gasteiger partial charge in [-0.2, -0.15) is 0 Å². The monoisotopic (exact) mass is 729 g/mol. The number of benzene rings is 3. The van der Waals surface area contributed by atoms with Crippen molar-refractivity contribution < 1.29 is 14.3 Å². The van der Waals surface area contributed by atoms with Gasteiger partial charge in [-0.25, -0.2) is 0 Å². The molecule has 2 saturated heterocycles. The van der Waals surface area contributed by atoms with Crippen LogP contribution in [-0.4, -0.2) is 66.5 Å². The Balaban J connectivity index is 0.00000541. The van der Waals surface area contributed by atoms with Gasteiger partial charge in [-0.15, -0.1) is 12.4 Å². The number of carbonyl (C=O) groups is 2. The molecule has 2 aliphatic heterocycles. The molecule has 0 aromatic heterocycles. The van der Waals surface area contributed by atoms with Crippen LogP contribution in [0.3, 0.4) is 0 Å². The number of rotatable bonds is 8. The predicted octanol–water partition coefficient (Wildman–Crippen LogP) is 7.00. The second kappa shape index (κ2) is 15.6. The zero-order chi connectivity index (χ0) is 34.9. The van der Waals surface area contributed by atoms with Crippen LogP contribution in [0.2, 0.25) is 10.0 Å². The number of nitrogens with one attached hydrogen (secondary N) is 3. The molecule has 3 aromatic rings. The van der Waals surface area contributed by atoms with Crippen LogP contribution in [0.5, 0.6) is 5.75 Å². The van der Waals surface area contributed by atoms with E-state index in [-0.39, 0.29) is 47.3 Å². The van der Waals surface area contributed by atoms with Crippen molar-refractivity contribution in [2.24, 2.45) is 0 Å². The van der Waals surface area contributed by atoms with Crippen LogP contribution < -0.4 is 20.7 Å². The van der Waals surface area contributed by atoms with Gasteiger partial charge in [0.1, 0.15) is 5.75 Å². The maximum Gasteiger partial charge on any atom is 0.262 e. The third-order valence-corrected chi connectivity index (χ3v) is 9.45. The highest BCUT2D eigenvalue weighted by Gasteiger charge is 2.54. The molecular weight excluding hydrogens is 681 g/mol. The van der Waals surface area contributed by atoms with Crippen LogP contribution in [-0.2, 0) is 20.7 Å². The molecule has 0 aliphatic carbocycles. The standard InChI is InChI=1S/C38H49Cl2N5O3.ClH/c1-8-48-31-23-27(36(2,3)4)13-18-30(31)38(35(47)45-21-19-44(20-22-45)24-32(46)41-37(5,6)7)42-33(25-9-14-28(39)15-10-25)34(43-38)26-11-16-29(40)17-12-26;/h9-18,23,33-34,42-43H,8,19-22,24H2,1-7H3,(H,41,46);1H/t33-,34+,38?;. The van der Waals surface area contributed by atoms with Crippen LogP contribution in [0.4, 0.5) is 0 Å². The molecule has 3 N–H and O–H groups in total. The zero-order valence-corrected chi connectivity index (χ0v) is 31.9. The van der Waals surface area contributed by atoms with Crippen LogP contribution in [0.1, 0.15) is 82.8 Å². The summed E-state index contributed by atoms with van der Waals surface area (Å²) in [4.78, 5) is 31.8. The highest BCUT2D eigenvalue weighted by Crippen LogP contribution is 2.45. The largest absolute Gasteiger partial charge is 0.493 e. The SMILES string of the molecule is CCOc1cc(C(C)(C)C)ccc1C1(C(=O)N2CCN(CC(=O)NC(C)(C)C)CC2)N[C@H](c2ccc(Cl)cc2)[C@H](c2ccc(Cl)cc2)N1.Cl. The first-order valence-corrected chi connectivity index (χ1v) is 17.5. The summed E-state index contributed by atoms with van der Waals surface area (Å²) in [7, 11) is 0. The Morgan fingerprint density at radius 3 is 1.80 bits per heavy atom. The molecule has 3 atom stereocenters.